The molecule has 2 aromatic rings. The Morgan fingerprint density at radius 1 is 1.47 bits per heavy atom. The smallest absolute Gasteiger partial charge is 0.201 e. The summed E-state index contributed by atoms with van der Waals surface area (Å²) in [5.41, 5.74) is 1.99. The Hall–Kier alpha value is -1.20. The van der Waals surface area contributed by atoms with E-state index in [9.17, 15) is 0 Å². The van der Waals surface area contributed by atoms with E-state index in [4.69, 9.17) is 5.11 Å². The number of aromatic nitrogens is 2. The fraction of sp³-hybridized carbons (Fsp3) is 0.417. The minimum absolute atomic E-state index is 0.193. The first-order valence-corrected chi connectivity index (χ1v) is 7.04. The van der Waals surface area contributed by atoms with Crippen molar-refractivity contribution in [3.8, 4) is 0 Å². The van der Waals surface area contributed by atoms with Gasteiger partial charge in [-0.2, -0.15) is 11.8 Å². The van der Waals surface area contributed by atoms with Crippen molar-refractivity contribution in [3.05, 3.63) is 24.3 Å². The van der Waals surface area contributed by atoms with E-state index in [-0.39, 0.29) is 12.6 Å². The number of aliphatic hydroxyl groups is 1. The van der Waals surface area contributed by atoms with Crippen LogP contribution in [-0.2, 0) is 0 Å². The van der Waals surface area contributed by atoms with Crippen LogP contribution in [0, 0.1) is 0 Å². The van der Waals surface area contributed by atoms with Crippen molar-refractivity contribution >= 4 is 28.7 Å². The van der Waals surface area contributed by atoms with Gasteiger partial charge in [-0.25, -0.2) is 4.98 Å². The molecule has 0 aliphatic carbocycles. The molecule has 0 bridgehead atoms. The summed E-state index contributed by atoms with van der Waals surface area (Å²) in [6, 6.07) is 8.18. The van der Waals surface area contributed by atoms with Gasteiger partial charge in [0.1, 0.15) is 0 Å². The maximum Gasteiger partial charge on any atom is 0.201 e. The maximum atomic E-state index is 9.00. The molecule has 3 N–H and O–H groups in total. The third-order valence-electron chi connectivity index (χ3n) is 2.58. The van der Waals surface area contributed by atoms with Crippen molar-refractivity contribution in [1.29, 1.82) is 0 Å². The third kappa shape index (κ3) is 3.14. The lowest BCUT2D eigenvalue weighted by Gasteiger charge is -2.15. The fourth-order valence-corrected chi connectivity index (χ4v) is 2.42. The van der Waals surface area contributed by atoms with Crippen molar-refractivity contribution in [2.45, 2.75) is 12.5 Å². The molecule has 1 aromatic carbocycles. The summed E-state index contributed by atoms with van der Waals surface area (Å²) < 4.78 is 0. The van der Waals surface area contributed by atoms with Crippen LogP contribution in [0.1, 0.15) is 6.42 Å². The van der Waals surface area contributed by atoms with E-state index in [2.05, 4.69) is 21.5 Å². The number of aromatic amines is 1. The summed E-state index contributed by atoms with van der Waals surface area (Å²) in [5.74, 6) is 1.73. The van der Waals surface area contributed by atoms with E-state index in [0.717, 1.165) is 29.2 Å². The molecule has 1 atom stereocenters. The quantitative estimate of drug-likeness (QED) is 0.735. The molecule has 0 saturated carbocycles. The number of imidazole rings is 1. The van der Waals surface area contributed by atoms with Gasteiger partial charge in [-0.1, -0.05) is 12.1 Å². The molecule has 92 valence electrons. The summed E-state index contributed by atoms with van der Waals surface area (Å²) in [4.78, 5) is 7.69. The second-order valence-electron chi connectivity index (χ2n) is 3.91. The van der Waals surface area contributed by atoms with Crippen molar-refractivity contribution in [2.75, 3.05) is 23.9 Å². The summed E-state index contributed by atoms with van der Waals surface area (Å²) in [6.45, 7) is 0.193. The molecule has 0 fully saturated rings. The van der Waals surface area contributed by atoms with Crippen molar-refractivity contribution in [2.24, 2.45) is 0 Å². The molecule has 0 spiro atoms. The fourth-order valence-electron chi connectivity index (χ4n) is 1.77. The predicted octanol–water partition coefficient (Wildman–Crippen LogP) is 2.09. The van der Waals surface area contributed by atoms with Crippen molar-refractivity contribution in [3.63, 3.8) is 0 Å². The first-order chi connectivity index (χ1) is 8.33. The van der Waals surface area contributed by atoms with Gasteiger partial charge in [0.2, 0.25) is 5.95 Å². The molecule has 1 unspecified atom stereocenters. The largest absolute Gasteiger partial charge is 0.396 e. The Labute approximate surface area is 105 Å². The summed E-state index contributed by atoms with van der Waals surface area (Å²) in [7, 11) is 0. The normalized spacial score (nSPS) is 12.8. The van der Waals surface area contributed by atoms with Crippen LogP contribution in [0.5, 0.6) is 0 Å². The van der Waals surface area contributed by atoms with Crippen LogP contribution in [0.2, 0.25) is 0 Å². The Balaban J connectivity index is 2.10. The van der Waals surface area contributed by atoms with Crippen molar-refractivity contribution in [1.82, 2.24) is 9.97 Å². The standard InChI is InChI=1S/C12H17N3OS/c1-17-8-9(6-7-16)13-12-14-10-4-2-3-5-11(10)15-12/h2-5,9,16H,6-8H2,1H3,(H2,13,14,15). The molecule has 4 nitrogen and oxygen atoms in total. The number of hydrogen-bond acceptors (Lipinski definition) is 4. The Bertz CT molecular complexity index is 432. The summed E-state index contributed by atoms with van der Waals surface area (Å²) in [6.07, 6.45) is 2.79. The topological polar surface area (TPSA) is 60.9 Å². The Morgan fingerprint density at radius 2 is 2.29 bits per heavy atom. The SMILES string of the molecule is CSCC(CCO)Nc1nc2ccccc2[nH]1. The third-order valence-corrected chi connectivity index (χ3v) is 3.31. The first-order valence-electron chi connectivity index (χ1n) is 5.64. The molecule has 5 heteroatoms. The molecule has 0 radical (unpaired) electrons. The average molecular weight is 251 g/mol. The lowest BCUT2D eigenvalue weighted by molar-refractivity contribution is 0.282. The molecule has 0 amide bonds. The molecule has 17 heavy (non-hydrogen) atoms. The van der Waals surface area contributed by atoms with Gasteiger partial charge in [0, 0.05) is 18.4 Å². The number of para-hydroxylation sites is 2. The maximum absolute atomic E-state index is 9.00. The Morgan fingerprint density at radius 3 is 3.00 bits per heavy atom. The number of nitrogens with zero attached hydrogens (tertiary/aromatic N) is 1. The first kappa shape index (κ1) is 12.3. The van der Waals surface area contributed by atoms with Crippen LogP contribution in [0.4, 0.5) is 5.95 Å². The number of nitrogens with one attached hydrogen (secondary N) is 2. The average Bonchev–Trinajstić information content (AvgIpc) is 2.71. The number of thioether (sulfide) groups is 1. The van der Waals surface area contributed by atoms with E-state index >= 15 is 0 Å². The zero-order valence-corrected chi connectivity index (χ0v) is 10.6. The van der Waals surface area contributed by atoms with E-state index in [0.29, 0.717) is 0 Å². The van der Waals surface area contributed by atoms with Gasteiger partial charge in [0.15, 0.2) is 0 Å². The van der Waals surface area contributed by atoms with Gasteiger partial charge in [0.05, 0.1) is 11.0 Å². The molecule has 0 aliphatic rings. The second-order valence-corrected chi connectivity index (χ2v) is 4.82. The number of benzene rings is 1. The van der Waals surface area contributed by atoms with Crippen LogP contribution >= 0.6 is 11.8 Å². The number of anilines is 1. The zero-order valence-electron chi connectivity index (χ0n) is 9.81. The molecule has 1 aromatic heterocycles. The number of H-pyrrole nitrogens is 1. The van der Waals surface area contributed by atoms with Crippen LogP contribution in [0.15, 0.2) is 24.3 Å². The Kier molecular flexibility index (Phi) is 4.28. The highest BCUT2D eigenvalue weighted by Gasteiger charge is 2.09. The van der Waals surface area contributed by atoms with Gasteiger partial charge in [-0.15, -0.1) is 0 Å². The van der Waals surface area contributed by atoms with Crippen LogP contribution in [-0.4, -0.2) is 39.7 Å². The molecule has 0 saturated heterocycles. The minimum atomic E-state index is 0.193. The van der Waals surface area contributed by atoms with Gasteiger partial charge in [-0.3, -0.25) is 0 Å². The highest BCUT2D eigenvalue weighted by molar-refractivity contribution is 7.98. The molecule has 0 aliphatic heterocycles. The van der Waals surface area contributed by atoms with Gasteiger partial charge in [0.25, 0.3) is 0 Å². The second kappa shape index (κ2) is 5.93. The number of fused-ring (bicyclic) bond motifs is 1. The highest BCUT2D eigenvalue weighted by atomic mass is 32.2. The summed E-state index contributed by atoms with van der Waals surface area (Å²) in [5, 5.41) is 12.3. The predicted molar refractivity (Wildman–Crippen MR) is 73.6 cm³/mol. The van der Waals surface area contributed by atoms with Gasteiger partial charge < -0.3 is 15.4 Å². The van der Waals surface area contributed by atoms with Crippen molar-refractivity contribution < 1.29 is 5.11 Å². The molecular formula is C12H17N3OS. The highest BCUT2D eigenvalue weighted by Crippen LogP contribution is 2.15. The van der Waals surface area contributed by atoms with Crippen LogP contribution in [0.25, 0.3) is 11.0 Å². The monoisotopic (exact) mass is 251 g/mol. The van der Waals surface area contributed by atoms with E-state index < -0.39 is 0 Å². The van der Waals surface area contributed by atoms with E-state index in [1.807, 2.05) is 24.3 Å². The van der Waals surface area contributed by atoms with E-state index in [1.54, 1.807) is 11.8 Å². The lowest BCUT2D eigenvalue weighted by Crippen LogP contribution is -2.24. The lowest BCUT2D eigenvalue weighted by atomic mass is 10.2. The van der Waals surface area contributed by atoms with Gasteiger partial charge >= 0.3 is 0 Å². The van der Waals surface area contributed by atoms with Crippen LogP contribution in [0.3, 0.4) is 0 Å². The van der Waals surface area contributed by atoms with E-state index in [1.165, 1.54) is 0 Å². The molecule has 1 heterocycles. The number of aliphatic hydroxyl groups excluding tert-OH is 1. The zero-order chi connectivity index (χ0) is 12.1. The van der Waals surface area contributed by atoms with Gasteiger partial charge in [-0.05, 0) is 24.8 Å². The minimum Gasteiger partial charge on any atom is -0.396 e. The number of hydrogen-bond donors (Lipinski definition) is 3. The molecule has 2 rings (SSSR count). The van der Waals surface area contributed by atoms with Crippen LogP contribution < -0.4 is 5.32 Å². The summed E-state index contributed by atoms with van der Waals surface area (Å²) >= 11 is 1.76. The molecular weight excluding hydrogens is 234 g/mol. The number of rotatable bonds is 6.